The summed E-state index contributed by atoms with van der Waals surface area (Å²) in [6.07, 6.45) is 2.67. The van der Waals surface area contributed by atoms with Gasteiger partial charge in [0.15, 0.2) is 0 Å². The average molecular weight is 279 g/mol. The van der Waals surface area contributed by atoms with Gasteiger partial charge >= 0.3 is 0 Å². The lowest BCUT2D eigenvalue weighted by atomic mass is 9.77. The van der Waals surface area contributed by atoms with Crippen molar-refractivity contribution >= 4 is 10.0 Å². The standard InChI is InChI=1S/C13H17N3O2S/c1-2-19(17,18)16-9-6-13(11-14,7-10-16)12-5-3-4-8-15-12/h3-5,8H,2,6-7,9-10H2,1H3. The fourth-order valence-electron chi connectivity index (χ4n) is 2.40. The molecule has 2 heterocycles. The maximum absolute atomic E-state index is 11.8. The van der Waals surface area contributed by atoms with Crippen molar-refractivity contribution in [3.63, 3.8) is 0 Å². The van der Waals surface area contributed by atoms with Gasteiger partial charge in [0, 0.05) is 19.3 Å². The molecule has 1 aromatic rings. The Morgan fingerprint density at radius 2 is 2.11 bits per heavy atom. The van der Waals surface area contributed by atoms with Gasteiger partial charge in [-0.05, 0) is 31.9 Å². The molecule has 1 aromatic heterocycles. The number of sulfonamides is 1. The highest BCUT2D eigenvalue weighted by Crippen LogP contribution is 2.34. The fraction of sp³-hybridized carbons (Fsp3) is 0.538. The van der Waals surface area contributed by atoms with Gasteiger partial charge in [0.05, 0.1) is 17.5 Å². The fourth-order valence-corrected chi connectivity index (χ4v) is 3.50. The summed E-state index contributed by atoms with van der Waals surface area (Å²) in [5, 5.41) is 9.48. The smallest absolute Gasteiger partial charge is 0.213 e. The van der Waals surface area contributed by atoms with Crippen LogP contribution in [0, 0.1) is 11.3 Å². The first kappa shape index (κ1) is 14.0. The highest BCUT2D eigenvalue weighted by molar-refractivity contribution is 7.89. The zero-order valence-corrected chi connectivity index (χ0v) is 11.7. The van der Waals surface area contributed by atoms with Crippen molar-refractivity contribution in [1.82, 2.24) is 9.29 Å². The lowest BCUT2D eigenvalue weighted by molar-refractivity contribution is 0.273. The van der Waals surface area contributed by atoms with E-state index in [1.165, 1.54) is 4.31 Å². The molecule has 19 heavy (non-hydrogen) atoms. The van der Waals surface area contributed by atoms with E-state index in [4.69, 9.17) is 0 Å². The van der Waals surface area contributed by atoms with Gasteiger partial charge in [0.2, 0.25) is 10.0 Å². The summed E-state index contributed by atoms with van der Waals surface area (Å²) in [4.78, 5) is 4.26. The molecule has 1 aliphatic rings. The quantitative estimate of drug-likeness (QED) is 0.835. The molecule has 1 fully saturated rings. The molecule has 1 aliphatic heterocycles. The van der Waals surface area contributed by atoms with Gasteiger partial charge in [-0.2, -0.15) is 5.26 Å². The molecule has 0 spiro atoms. The molecule has 0 atom stereocenters. The van der Waals surface area contributed by atoms with Crippen molar-refractivity contribution < 1.29 is 8.42 Å². The van der Waals surface area contributed by atoms with E-state index in [0.717, 1.165) is 5.69 Å². The maximum atomic E-state index is 11.8. The Hall–Kier alpha value is -1.45. The molecular weight excluding hydrogens is 262 g/mol. The van der Waals surface area contributed by atoms with Crippen LogP contribution >= 0.6 is 0 Å². The van der Waals surface area contributed by atoms with Crippen LogP contribution in [-0.2, 0) is 15.4 Å². The molecular formula is C13H17N3O2S. The average Bonchev–Trinajstić information content (AvgIpc) is 2.48. The number of hydrogen-bond donors (Lipinski definition) is 0. The molecule has 0 saturated carbocycles. The first-order valence-corrected chi connectivity index (χ1v) is 7.95. The largest absolute Gasteiger partial charge is 0.260 e. The van der Waals surface area contributed by atoms with Crippen molar-refractivity contribution in [1.29, 1.82) is 5.26 Å². The van der Waals surface area contributed by atoms with E-state index in [9.17, 15) is 13.7 Å². The number of aromatic nitrogens is 1. The third-order valence-corrected chi connectivity index (χ3v) is 5.58. The minimum Gasteiger partial charge on any atom is -0.260 e. The summed E-state index contributed by atoms with van der Waals surface area (Å²) in [5.41, 5.74) is 0.0899. The molecule has 0 aliphatic carbocycles. The molecule has 0 bridgehead atoms. The van der Waals surface area contributed by atoms with Gasteiger partial charge in [0.1, 0.15) is 5.41 Å². The molecule has 2 rings (SSSR count). The molecule has 1 saturated heterocycles. The molecule has 0 aromatic carbocycles. The summed E-state index contributed by atoms with van der Waals surface area (Å²) >= 11 is 0. The third-order valence-electron chi connectivity index (χ3n) is 3.70. The van der Waals surface area contributed by atoms with Crippen LogP contribution in [-0.4, -0.2) is 36.5 Å². The Balaban J connectivity index is 2.20. The van der Waals surface area contributed by atoms with Crippen LogP contribution in [0.4, 0.5) is 0 Å². The first-order chi connectivity index (χ1) is 9.04. The Kier molecular flexibility index (Phi) is 3.88. The van der Waals surface area contributed by atoms with Crippen LogP contribution in [0.25, 0.3) is 0 Å². The van der Waals surface area contributed by atoms with Gasteiger partial charge in [-0.25, -0.2) is 12.7 Å². The Morgan fingerprint density at radius 3 is 2.58 bits per heavy atom. The minimum absolute atomic E-state index is 0.107. The topological polar surface area (TPSA) is 74.1 Å². The van der Waals surface area contributed by atoms with Gasteiger partial charge < -0.3 is 0 Å². The summed E-state index contributed by atoms with van der Waals surface area (Å²) < 4.78 is 25.1. The van der Waals surface area contributed by atoms with Gasteiger partial charge in [-0.15, -0.1) is 0 Å². The molecule has 0 radical (unpaired) electrons. The van der Waals surface area contributed by atoms with Crippen LogP contribution in [0.5, 0.6) is 0 Å². The monoisotopic (exact) mass is 279 g/mol. The normalized spacial score (nSPS) is 19.8. The molecule has 0 N–H and O–H groups in total. The lowest BCUT2D eigenvalue weighted by Crippen LogP contribution is -2.45. The second-order valence-corrected chi connectivity index (χ2v) is 6.97. The van der Waals surface area contributed by atoms with Crippen LogP contribution in [0.15, 0.2) is 24.4 Å². The molecule has 6 heteroatoms. The first-order valence-electron chi connectivity index (χ1n) is 6.35. The molecule has 102 valence electrons. The van der Waals surface area contributed by atoms with Crippen molar-refractivity contribution in [3.8, 4) is 6.07 Å². The summed E-state index contributed by atoms with van der Waals surface area (Å²) in [7, 11) is -3.16. The second kappa shape index (κ2) is 5.27. The number of piperidine rings is 1. The lowest BCUT2D eigenvalue weighted by Gasteiger charge is -2.36. The predicted molar refractivity (Wildman–Crippen MR) is 71.8 cm³/mol. The Labute approximate surface area is 113 Å². The zero-order chi connectivity index (χ0) is 13.9. The van der Waals surface area contributed by atoms with Crippen LogP contribution in [0.1, 0.15) is 25.5 Å². The number of rotatable bonds is 3. The maximum Gasteiger partial charge on any atom is 0.213 e. The van der Waals surface area contributed by atoms with Crippen molar-refractivity contribution in [2.24, 2.45) is 0 Å². The van der Waals surface area contributed by atoms with Crippen LogP contribution < -0.4 is 0 Å². The molecule has 5 nitrogen and oxygen atoms in total. The van der Waals surface area contributed by atoms with Gasteiger partial charge in [-0.3, -0.25) is 4.98 Å². The Bertz CT molecular complexity index is 570. The second-order valence-electron chi connectivity index (χ2n) is 4.71. The van der Waals surface area contributed by atoms with E-state index in [-0.39, 0.29) is 5.75 Å². The van der Waals surface area contributed by atoms with Gasteiger partial charge in [0.25, 0.3) is 0 Å². The van der Waals surface area contributed by atoms with Crippen molar-refractivity contribution in [2.75, 3.05) is 18.8 Å². The minimum atomic E-state index is -3.16. The highest BCUT2D eigenvalue weighted by Gasteiger charge is 2.40. The van der Waals surface area contributed by atoms with E-state index < -0.39 is 15.4 Å². The molecule has 0 amide bonds. The predicted octanol–water partition coefficient (Wildman–Crippen LogP) is 1.29. The summed E-state index contributed by atoms with van der Waals surface area (Å²) in [6.45, 7) is 2.42. The number of nitriles is 1. The van der Waals surface area contributed by atoms with E-state index in [2.05, 4.69) is 11.1 Å². The number of nitrogens with zero attached hydrogens (tertiary/aromatic N) is 3. The highest BCUT2D eigenvalue weighted by atomic mass is 32.2. The summed E-state index contributed by atoms with van der Waals surface area (Å²) in [5.74, 6) is 0.107. The SMILES string of the molecule is CCS(=O)(=O)N1CCC(C#N)(c2ccccn2)CC1. The van der Waals surface area contributed by atoms with Crippen LogP contribution in [0.2, 0.25) is 0 Å². The zero-order valence-electron chi connectivity index (χ0n) is 10.9. The number of pyridine rings is 1. The Morgan fingerprint density at radius 1 is 1.42 bits per heavy atom. The third kappa shape index (κ3) is 2.62. The van der Waals surface area contributed by atoms with Crippen molar-refractivity contribution in [2.45, 2.75) is 25.2 Å². The van der Waals surface area contributed by atoms with E-state index in [0.29, 0.717) is 25.9 Å². The van der Waals surface area contributed by atoms with E-state index in [1.807, 2.05) is 18.2 Å². The van der Waals surface area contributed by atoms with E-state index >= 15 is 0 Å². The number of hydrogen-bond acceptors (Lipinski definition) is 4. The van der Waals surface area contributed by atoms with Crippen molar-refractivity contribution in [3.05, 3.63) is 30.1 Å². The summed E-state index contributed by atoms with van der Waals surface area (Å²) in [6, 6.07) is 7.85. The van der Waals surface area contributed by atoms with Gasteiger partial charge in [-0.1, -0.05) is 6.07 Å². The van der Waals surface area contributed by atoms with E-state index in [1.54, 1.807) is 13.1 Å². The van der Waals surface area contributed by atoms with Crippen LogP contribution in [0.3, 0.4) is 0 Å². The molecule has 0 unspecified atom stereocenters.